The molecule has 4 saturated carbocycles. The first kappa shape index (κ1) is 12.4. The van der Waals surface area contributed by atoms with E-state index < -0.39 is 0 Å². The number of hydrogen-bond donors (Lipinski definition) is 0. The van der Waals surface area contributed by atoms with Crippen LogP contribution in [0.3, 0.4) is 0 Å². The molecule has 6 atom stereocenters. The highest BCUT2D eigenvalue weighted by Crippen LogP contribution is 2.62. The summed E-state index contributed by atoms with van der Waals surface area (Å²) < 4.78 is 0. The number of ketones is 1. The fraction of sp³-hybridized carbons (Fsp3) is 0.944. The van der Waals surface area contributed by atoms with Crippen molar-refractivity contribution in [2.75, 3.05) is 0 Å². The second-order valence-corrected chi connectivity index (χ2v) is 8.30. The number of Topliss-reactive ketones (excluding diaryl/α,β-unsaturated/α-hetero) is 1. The van der Waals surface area contributed by atoms with E-state index in [1.165, 1.54) is 51.4 Å². The Hall–Kier alpha value is -0.330. The van der Waals surface area contributed by atoms with Gasteiger partial charge in [0.25, 0.3) is 0 Å². The third kappa shape index (κ3) is 1.83. The van der Waals surface area contributed by atoms with Crippen molar-refractivity contribution >= 4 is 5.78 Å². The summed E-state index contributed by atoms with van der Waals surface area (Å²) in [7, 11) is 0. The second-order valence-electron chi connectivity index (χ2n) is 8.30. The predicted octanol–water partition coefficient (Wildman–Crippen LogP) is 4.60. The van der Waals surface area contributed by atoms with Gasteiger partial charge in [0, 0.05) is 12.8 Å². The van der Waals surface area contributed by atoms with Crippen LogP contribution in [0.5, 0.6) is 0 Å². The molecule has 0 unspecified atom stereocenters. The SMILES string of the molecule is C[C@]12CCC[C@@H]1[C@@H]1CC[C@H]3CC(=O)CC[C@@H]3[C@@H]1CC2. The van der Waals surface area contributed by atoms with Gasteiger partial charge in [0.15, 0.2) is 0 Å². The van der Waals surface area contributed by atoms with Gasteiger partial charge in [-0.1, -0.05) is 13.3 Å². The lowest BCUT2D eigenvalue weighted by Gasteiger charge is -2.54. The molecule has 0 aromatic carbocycles. The molecule has 0 aromatic rings. The molecule has 1 heteroatoms. The van der Waals surface area contributed by atoms with E-state index in [2.05, 4.69) is 6.92 Å². The Balaban J connectivity index is 1.58. The summed E-state index contributed by atoms with van der Waals surface area (Å²) in [6.45, 7) is 2.58. The van der Waals surface area contributed by atoms with Crippen molar-refractivity contribution in [3.8, 4) is 0 Å². The Kier molecular flexibility index (Phi) is 2.83. The Morgan fingerprint density at radius 1 is 0.947 bits per heavy atom. The van der Waals surface area contributed by atoms with Gasteiger partial charge in [-0.3, -0.25) is 4.79 Å². The van der Waals surface area contributed by atoms with Crippen molar-refractivity contribution in [1.29, 1.82) is 0 Å². The molecule has 1 nitrogen and oxygen atoms in total. The zero-order valence-electron chi connectivity index (χ0n) is 12.4. The molecule has 0 radical (unpaired) electrons. The maximum absolute atomic E-state index is 11.7. The first-order valence-electron chi connectivity index (χ1n) is 8.69. The highest BCUT2D eigenvalue weighted by atomic mass is 16.1. The van der Waals surface area contributed by atoms with E-state index in [1.807, 2.05) is 0 Å². The van der Waals surface area contributed by atoms with Gasteiger partial charge in [0.1, 0.15) is 5.78 Å². The largest absolute Gasteiger partial charge is 0.300 e. The van der Waals surface area contributed by atoms with Gasteiger partial charge < -0.3 is 0 Å². The van der Waals surface area contributed by atoms with E-state index in [-0.39, 0.29) is 0 Å². The maximum atomic E-state index is 11.7. The van der Waals surface area contributed by atoms with Crippen molar-refractivity contribution < 1.29 is 4.79 Å². The molecule has 0 heterocycles. The molecule has 4 fully saturated rings. The van der Waals surface area contributed by atoms with E-state index in [0.29, 0.717) is 11.2 Å². The predicted molar refractivity (Wildman–Crippen MR) is 76.7 cm³/mol. The zero-order chi connectivity index (χ0) is 13.0. The van der Waals surface area contributed by atoms with Crippen LogP contribution < -0.4 is 0 Å². The summed E-state index contributed by atoms with van der Waals surface area (Å²) in [5.74, 6) is 5.29. The second kappa shape index (κ2) is 4.33. The molecule has 0 N–H and O–H groups in total. The summed E-state index contributed by atoms with van der Waals surface area (Å²) in [4.78, 5) is 11.7. The molecular weight excluding hydrogens is 232 g/mol. The third-order valence-electron chi connectivity index (χ3n) is 7.55. The van der Waals surface area contributed by atoms with Crippen LogP contribution in [0.4, 0.5) is 0 Å². The Bertz CT molecular complexity index is 387. The minimum atomic E-state index is 0.557. The molecule has 0 spiro atoms. The summed E-state index contributed by atoms with van der Waals surface area (Å²) in [5, 5.41) is 0. The minimum Gasteiger partial charge on any atom is -0.300 e. The monoisotopic (exact) mass is 260 g/mol. The van der Waals surface area contributed by atoms with Crippen LogP contribution >= 0.6 is 0 Å². The smallest absolute Gasteiger partial charge is 0.133 e. The van der Waals surface area contributed by atoms with E-state index in [0.717, 1.165) is 42.4 Å². The molecule has 0 aliphatic heterocycles. The first-order valence-corrected chi connectivity index (χ1v) is 8.69. The number of hydrogen-bond acceptors (Lipinski definition) is 1. The summed E-state index contributed by atoms with van der Waals surface area (Å²) in [5.41, 5.74) is 0.693. The molecule has 0 amide bonds. The van der Waals surface area contributed by atoms with Gasteiger partial charge in [-0.15, -0.1) is 0 Å². The van der Waals surface area contributed by atoms with Crippen molar-refractivity contribution in [3.63, 3.8) is 0 Å². The summed E-state index contributed by atoms with van der Waals surface area (Å²) >= 11 is 0. The summed E-state index contributed by atoms with van der Waals surface area (Å²) in [6, 6.07) is 0. The number of rotatable bonds is 0. The highest BCUT2D eigenvalue weighted by molar-refractivity contribution is 5.79. The lowest BCUT2D eigenvalue weighted by molar-refractivity contribution is -0.127. The van der Waals surface area contributed by atoms with Gasteiger partial charge in [-0.05, 0) is 80.0 Å². The molecule has 4 aliphatic rings. The average molecular weight is 260 g/mol. The van der Waals surface area contributed by atoms with Gasteiger partial charge in [0.2, 0.25) is 0 Å². The molecular formula is C18H28O. The number of carbonyl (C=O) groups is 1. The Morgan fingerprint density at radius 2 is 1.84 bits per heavy atom. The van der Waals surface area contributed by atoms with Crippen LogP contribution in [-0.2, 0) is 4.79 Å². The van der Waals surface area contributed by atoms with Crippen LogP contribution in [0.15, 0.2) is 0 Å². The summed E-state index contributed by atoms with van der Waals surface area (Å²) in [6.07, 6.45) is 13.3. The van der Waals surface area contributed by atoms with Gasteiger partial charge in [-0.25, -0.2) is 0 Å². The first-order chi connectivity index (χ1) is 9.17. The van der Waals surface area contributed by atoms with Crippen LogP contribution in [0.2, 0.25) is 0 Å². The van der Waals surface area contributed by atoms with Crippen LogP contribution in [0.25, 0.3) is 0 Å². The van der Waals surface area contributed by atoms with E-state index in [1.54, 1.807) is 0 Å². The lowest BCUT2D eigenvalue weighted by atomic mass is 9.51. The van der Waals surface area contributed by atoms with Crippen molar-refractivity contribution in [3.05, 3.63) is 0 Å². The average Bonchev–Trinajstić information content (AvgIpc) is 2.79. The van der Waals surface area contributed by atoms with Gasteiger partial charge in [0.05, 0.1) is 0 Å². The van der Waals surface area contributed by atoms with Crippen LogP contribution in [0.1, 0.15) is 71.1 Å². The third-order valence-corrected chi connectivity index (χ3v) is 7.55. The highest BCUT2D eigenvalue weighted by Gasteiger charge is 2.53. The Morgan fingerprint density at radius 3 is 2.74 bits per heavy atom. The Labute approximate surface area is 117 Å². The molecule has 19 heavy (non-hydrogen) atoms. The quantitative estimate of drug-likeness (QED) is 0.622. The van der Waals surface area contributed by atoms with Crippen LogP contribution in [-0.4, -0.2) is 5.78 Å². The van der Waals surface area contributed by atoms with E-state index >= 15 is 0 Å². The zero-order valence-corrected chi connectivity index (χ0v) is 12.4. The molecule has 0 saturated heterocycles. The topological polar surface area (TPSA) is 17.1 Å². The number of carbonyl (C=O) groups excluding carboxylic acids is 1. The van der Waals surface area contributed by atoms with Crippen molar-refractivity contribution in [1.82, 2.24) is 0 Å². The van der Waals surface area contributed by atoms with Crippen molar-refractivity contribution in [2.24, 2.45) is 35.0 Å². The molecule has 4 aliphatic carbocycles. The molecule has 106 valence electrons. The molecule has 0 aromatic heterocycles. The minimum absolute atomic E-state index is 0.557. The van der Waals surface area contributed by atoms with Crippen molar-refractivity contribution in [2.45, 2.75) is 71.1 Å². The fourth-order valence-corrected chi connectivity index (χ4v) is 6.65. The molecule has 4 rings (SSSR count). The lowest BCUT2D eigenvalue weighted by Crippen LogP contribution is -2.47. The number of fused-ring (bicyclic) bond motifs is 5. The van der Waals surface area contributed by atoms with E-state index in [9.17, 15) is 4.79 Å². The standard InChI is InChI=1S/C18H28O/c1-18-9-2-3-17(18)16-6-4-12-11-13(19)5-7-14(12)15(16)8-10-18/h12,14-17H,2-11H2,1H3/t12-,14-,15-,16+,17+,18+/m0/s1. The van der Waals surface area contributed by atoms with E-state index in [4.69, 9.17) is 0 Å². The maximum Gasteiger partial charge on any atom is 0.133 e. The normalized spacial score (nSPS) is 53.3. The fourth-order valence-electron chi connectivity index (χ4n) is 6.65. The molecule has 0 bridgehead atoms. The van der Waals surface area contributed by atoms with Gasteiger partial charge in [-0.2, -0.15) is 0 Å². The van der Waals surface area contributed by atoms with Gasteiger partial charge >= 0.3 is 0 Å². The van der Waals surface area contributed by atoms with Crippen LogP contribution in [0, 0.1) is 35.0 Å².